The van der Waals surface area contributed by atoms with E-state index in [4.69, 9.17) is 4.74 Å². The van der Waals surface area contributed by atoms with E-state index in [1.807, 2.05) is 13.0 Å². The summed E-state index contributed by atoms with van der Waals surface area (Å²) in [5.74, 6) is 1.04. The number of hydrogen-bond acceptors (Lipinski definition) is 3. The second-order valence-corrected chi connectivity index (χ2v) is 6.13. The van der Waals surface area contributed by atoms with Crippen LogP contribution in [0.2, 0.25) is 0 Å². The highest BCUT2D eigenvalue weighted by molar-refractivity contribution is 7.10. The minimum absolute atomic E-state index is 0.0706. The van der Waals surface area contributed by atoms with Gasteiger partial charge in [-0.3, -0.25) is 4.79 Å². The van der Waals surface area contributed by atoms with Crippen LogP contribution in [0, 0.1) is 13.8 Å². The van der Waals surface area contributed by atoms with Crippen molar-refractivity contribution in [2.75, 3.05) is 12.4 Å². The van der Waals surface area contributed by atoms with Gasteiger partial charge in [-0.2, -0.15) is 0 Å². The van der Waals surface area contributed by atoms with Crippen LogP contribution < -0.4 is 10.1 Å². The number of hydrogen-bond donors (Lipinski definition) is 1. The summed E-state index contributed by atoms with van der Waals surface area (Å²) >= 11 is 1.73. The Kier molecular flexibility index (Phi) is 3.26. The van der Waals surface area contributed by atoms with Gasteiger partial charge < -0.3 is 10.1 Å². The van der Waals surface area contributed by atoms with E-state index in [-0.39, 0.29) is 11.8 Å². The summed E-state index contributed by atoms with van der Waals surface area (Å²) in [6, 6.07) is 6.18. The first-order chi connectivity index (χ1) is 9.60. The second-order valence-electron chi connectivity index (χ2n) is 5.18. The molecular formula is C16H17NO2S. The number of benzene rings is 1. The number of rotatable bonds is 2. The molecule has 1 amide bonds. The van der Waals surface area contributed by atoms with Crippen LogP contribution in [0.25, 0.3) is 0 Å². The number of methoxy groups -OCH3 is 1. The summed E-state index contributed by atoms with van der Waals surface area (Å²) in [6.07, 6.45) is 0.514. The largest absolute Gasteiger partial charge is 0.496 e. The number of carbonyl (C=O) groups is 1. The Hall–Kier alpha value is -1.81. The average molecular weight is 287 g/mol. The van der Waals surface area contributed by atoms with Gasteiger partial charge in [-0.15, -0.1) is 11.3 Å². The van der Waals surface area contributed by atoms with E-state index in [0.717, 1.165) is 17.0 Å². The molecule has 1 aliphatic rings. The molecule has 104 valence electrons. The number of anilines is 1. The third-order valence-electron chi connectivity index (χ3n) is 3.82. The maximum atomic E-state index is 12.0. The van der Waals surface area contributed by atoms with Crippen molar-refractivity contribution in [2.45, 2.75) is 26.2 Å². The van der Waals surface area contributed by atoms with Gasteiger partial charge in [-0.1, -0.05) is 0 Å². The van der Waals surface area contributed by atoms with Gasteiger partial charge in [0.1, 0.15) is 5.75 Å². The number of aryl methyl sites for hydroxylation is 2. The molecule has 4 heteroatoms. The summed E-state index contributed by atoms with van der Waals surface area (Å²) in [5, 5.41) is 5.05. The summed E-state index contributed by atoms with van der Waals surface area (Å²) in [4.78, 5) is 13.3. The van der Waals surface area contributed by atoms with Crippen LogP contribution in [-0.2, 0) is 4.79 Å². The van der Waals surface area contributed by atoms with Gasteiger partial charge in [0.2, 0.25) is 5.91 Å². The van der Waals surface area contributed by atoms with Gasteiger partial charge >= 0.3 is 0 Å². The van der Waals surface area contributed by atoms with Crippen molar-refractivity contribution in [3.63, 3.8) is 0 Å². The van der Waals surface area contributed by atoms with E-state index in [2.05, 4.69) is 29.8 Å². The maximum absolute atomic E-state index is 12.0. The molecule has 0 unspecified atom stereocenters. The van der Waals surface area contributed by atoms with Crippen molar-refractivity contribution >= 4 is 22.9 Å². The van der Waals surface area contributed by atoms with E-state index in [1.54, 1.807) is 18.4 Å². The van der Waals surface area contributed by atoms with Gasteiger partial charge in [-0.05, 0) is 48.1 Å². The van der Waals surface area contributed by atoms with Gasteiger partial charge in [0.05, 0.1) is 7.11 Å². The van der Waals surface area contributed by atoms with Crippen molar-refractivity contribution < 1.29 is 9.53 Å². The Morgan fingerprint density at radius 3 is 2.75 bits per heavy atom. The minimum Gasteiger partial charge on any atom is -0.496 e. The lowest BCUT2D eigenvalue weighted by Gasteiger charge is -2.26. The molecule has 1 aromatic carbocycles. The van der Waals surface area contributed by atoms with Gasteiger partial charge in [-0.25, -0.2) is 0 Å². The molecule has 0 spiro atoms. The molecule has 3 rings (SSSR count). The molecule has 0 bridgehead atoms. The lowest BCUT2D eigenvalue weighted by molar-refractivity contribution is -0.116. The first kappa shape index (κ1) is 13.2. The molecule has 1 aromatic heterocycles. The molecule has 0 radical (unpaired) electrons. The van der Waals surface area contributed by atoms with Crippen LogP contribution in [-0.4, -0.2) is 13.0 Å². The first-order valence-corrected chi connectivity index (χ1v) is 7.50. The second kappa shape index (κ2) is 4.94. The van der Waals surface area contributed by atoms with Crippen molar-refractivity contribution in [1.29, 1.82) is 0 Å². The van der Waals surface area contributed by atoms with Crippen LogP contribution >= 0.6 is 11.3 Å². The van der Waals surface area contributed by atoms with Crippen LogP contribution in [0.15, 0.2) is 23.6 Å². The quantitative estimate of drug-likeness (QED) is 0.911. The molecule has 1 atom stereocenters. The van der Waals surface area contributed by atoms with E-state index < -0.39 is 0 Å². The Morgan fingerprint density at radius 1 is 1.30 bits per heavy atom. The zero-order valence-corrected chi connectivity index (χ0v) is 12.6. The molecular weight excluding hydrogens is 270 g/mol. The van der Waals surface area contributed by atoms with Crippen LogP contribution in [0.3, 0.4) is 0 Å². The lowest BCUT2D eigenvalue weighted by atomic mass is 9.87. The highest BCUT2D eigenvalue weighted by atomic mass is 32.1. The van der Waals surface area contributed by atoms with Crippen molar-refractivity contribution in [2.24, 2.45) is 0 Å². The highest BCUT2D eigenvalue weighted by Crippen LogP contribution is 2.42. The summed E-state index contributed by atoms with van der Waals surface area (Å²) < 4.78 is 5.35. The first-order valence-electron chi connectivity index (χ1n) is 6.62. The zero-order valence-electron chi connectivity index (χ0n) is 11.8. The van der Waals surface area contributed by atoms with Crippen LogP contribution in [0.1, 0.15) is 33.9 Å². The van der Waals surface area contributed by atoms with Crippen molar-refractivity contribution in [1.82, 2.24) is 0 Å². The molecule has 0 aliphatic carbocycles. The molecule has 2 heterocycles. The van der Waals surface area contributed by atoms with Crippen molar-refractivity contribution in [3.8, 4) is 5.75 Å². The fraction of sp³-hybridized carbons (Fsp3) is 0.312. The van der Waals surface area contributed by atoms with Crippen LogP contribution in [0.5, 0.6) is 5.75 Å². The van der Waals surface area contributed by atoms with E-state index >= 15 is 0 Å². The predicted molar refractivity (Wildman–Crippen MR) is 81.9 cm³/mol. The van der Waals surface area contributed by atoms with E-state index in [0.29, 0.717) is 6.42 Å². The highest BCUT2D eigenvalue weighted by Gasteiger charge is 2.29. The molecule has 0 fully saturated rings. The average Bonchev–Trinajstić information content (AvgIpc) is 2.84. The zero-order chi connectivity index (χ0) is 14.3. The Bertz CT molecular complexity index is 675. The molecule has 3 nitrogen and oxygen atoms in total. The Labute approximate surface area is 122 Å². The summed E-state index contributed by atoms with van der Waals surface area (Å²) in [6.45, 7) is 4.14. The minimum atomic E-state index is 0.0706. The monoisotopic (exact) mass is 287 g/mol. The van der Waals surface area contributed by atoms with Crippen LogP contribution in [0.4, 0.5) is 5.69 Å². The molecule has 1 N–H and O–H groups in total. The lowest BCUT2D eigenvalue weighted by Crippen LogP contribution is -2.23. The maximum Gasteiger partial charge on any atom is 0.225 e. The molecule has 20 heavy (non-hydrogen) atoms. The predicted octanol–water partition coefficient (Wildman–Crippen LogP) is 3.85. The molecule has 0 saturated heterocycles. The third-order valence-corrected chi connectivity index (χ3v) is 4.96. The molecule has 0 saturated carbocycles. The molecule has 2 aromatic rings. The van der Waals surface area contributed by atoms with Gasteiger partial charge in [0, 0.05) is 29.0 Å². The number of ether oxygens (including phenoxy) is 1. The SMILES string of the molecule is COc1cc2c(cc1C)[C@@H](c1sccc1C)CC(=O)N2. The van der Waals surface area contributed by atoms with Crippen molar-refractivity contribution in [3.05, 3.63) is 45.1 Å². The fourth-order valence-corrected chi connectivity index (χ4v) is 3.85. The topological polar surface area (TPSA) is 38.3 Å². The Balaban J connectivity index is 2.15. The Morgan fingerprint density at radius 2 is 2.10 bits per heavy atom. The molecule has 1 aliphatic heterocycles. The summed E-state index contributed by atoms with van der Waals surface area (Å²) in [7, 11) is 1.65. The standard InChI is InChI=1S/C16H17NO2S/c1-9-4-5-20-16(9)12-7-15(18)17-13-8-14(19-3)10(2)6-11(12)13/h4-6,8,12H,7H2,1-3H3,(H,17,18)/t12-/m0/s1. The number of amides is 1. The number of nitrogens with one attached hydrogen (secondary N) is 1. The summed E-state index contributed by atoms with van der Waals surface area (Å²) in [5.41, 5.74) is 4.42. The van der Waals surface area contributed by atoms with E-state index in [9.17, 15) is 4.79 Å². The van der Waals surface area contributed by atoms with E-state index in [1.165, 1.54) is 16.0 Å². The third kappa shape index (κ3) is 2.10. The smallest absolute Gasteiger partial charge is 0.225 e. The fourth-order valence-electron chi connectivity index (χ4n) is 2.80. The van der Waals surface area contributed by atoms with Gasteiger partial charge in [0.25, 0.3) is 0 Å². The normalized spacial score (nSPS) is 17.6. The number of fused-ring (bicyclic) bond motifs is 1. The number of thiophene rings is 1. The number of carbonyl (C=O) groups excluding carboxylic acids is 1. The van der Waals surface area contributed by atoms with Gasteiger partial charge in [0.15, 0.2) is 0 Å².